The van der Waals surface area contributed by atoms with Gasteiger partial charge in [0.25, 0.3) is 0 Å². The van der Waals surface area contributed by atoms with E-state index in [0.29, 0.717) is 16.4 Å². The van der Waals surface area contributed by atoms with E-state index in [4.69, 9.17) is 0 Å². The number of nitrogens with one attached hydrogen (secondary N) is 1. The first-order valence-corrected chi connectivity index (χ1v) is 8.76. The molecule has 5 aliphatic rings. The lowest BCUT2D eigenvalue weighted by Gasteiger charge is -2.66. The van der Waals surface area contributed by atoms with E-state index in [1.165, 1.54) is 70.6 Å². The summed E-state index contributed by atoms with van der Waals surface area (Å²) in [7, 11) is 0. The molecule has 116 valence electrons. The zero-order valence-electron chi connectivity index (χ0n) is 13.3. The van der Waals surface area contributed by atoms with Crippen molar-refractivity contribution in [3.05, 3.63) is 0 Å². The Balaban J connectivity index is 0.00000121. The molecule has 0 amide bonds. The van der Waals surface area contributed by atoms with Gasteiger partial charge in [-0.2, -0.15) is 0 Å². The lowest BCUT2D eigenvalue weighted by atomic mass is 9.42. The molecule has 0 radical (unpaired) electrons. The summed E-state index contributed by atoms with van der Waals surface area (Å²) in [5, 5.41) is 4.21. The topological polar surface area (TPSA) is 12.0 Å². The maximum absolute atomic E-state index is 4.21. The van der Waals surface area contributed by atoms with E-state index in [2.05, 4.69) is 19.2 Å². The summed E-state index contributed by atoms with van der Waals surface area (Å²) < 4.78 is 0. The molecular weight excluding hydrogens is 266 g/mol. The van der Waals surface area contributed by atoms with Gasteiger partial charge in [-0.15, -0.1) is 12.4 Å². The molecular formula is C18H32ClN. The highest BCUT2D eigenvalue weighted by molar-refractivity contribution is 5.85. The first-order chi connectivity index (χ1) is 8.99. The van der Waals surface area contributed by atoms with Crippen LogP contribution in [-0.4, -0.2) is 11.6 Å². The molecule has 5 aliphatic carbocycles. The standard InChI is InChI=1S/C18H31N.ClH/c1-16-8-14-9-17(2,11-16)13-18(10-14,12-16)19-15-6-4-3-5-7-15;/h14-15,19H,3-13H2,1-2H3;1H. The van der Waals surface area contributed by atoms with Gasteiger partial charge in [0, 0.05) is 11.6 Å². The van der Waals surface area contributed by atoms with Crippen LogP contribution in [0.15, 0.2) is 0 Å². The van der Waals surface area contributed by atoms with E-state index in [0.717, 1.165) is 12.0 Å². The van der Waals surface area contributed by atoms with Crippen molar-refractivity contribution in [2.45, 2.75) is 96.1 Å². The third-order valence-corrected chi connectivity index (χ3v) is 6.74. The van der Waals surface area contributed by atoms with Gasteiger partial charge in [-0.25, -0.2) is 0 Å². The van der Waals surface area contributed by atoms with Gasteiger partial charge in [-0.05, 0) is 68.1 Å². The Bertz CT molecular complexity index is 356. The fourth-order valence-electron chi connectivity index (χ4n) is 7.29. The third-order valence-electron chi connectivity index (χ3n) is 6.74. The summed E-state index contributed by atoms with van der Waals surface area (Å²) in [6.45, 7) is 5.18. The molecule has 0 saturated heterocycles. The molecule has 20 heavy (non-hydrogen) atoms. The van der Waals surface area contributed by atoms with E-state index in [-0.39, 0.29) is 12.4 Å². The SMILES string of the molecule is CC12CC3CC(C)(C1)CC(NC1CCCCC1)(C3)C2.Cl. The Labute approximate surface area is 131 Å². The van der Waals surface area contributed by atoms with Crippen molar-refractivity contribution in [1.29, 1.82) is 0 Å². The van der Waals surface area contributed by atoms with Crippen molar-refractivity contribution in [3.8, 4) is 0 Å². The predicted molar refractivity (Wildman–Crippen MR) is 87.4 cm³/mol. The van der Waals surface area contributed by atoms with Crippen LogP contribution in [0.4, 0.5) is 0 Å². The summed E-state index contributed by atoms with van der Waals surface area (Å²) in [4.78, 5) is 0. The first kappa shape index (κ1) is 15.2. The van der Waals surface area contributed by atoms with Gasteiger partial charge in [0.2, 0.25) is 0 Å². The molecule has 1 N–H and O–H groups in total. The molecule has 2 unspecified atom stereocenters. The summed E-state index contributed by atoms with van der Waals surface area (Å²) >= 11 is 0. The summed E-state index contributed by atoms with van der Waals surface area (Å²) in [6.07, 6.45) is 16.3. The smallest absolute Gasteiger partial charge is 0.0197 e. The molecule has 4 bridgehead atoms. The highest BCUT2D eigenvalue weighted by Crippen LogP contribution is 2.66. The van der Waals surface area contributed by atoms with Crippen molar-refractivity contribution < 1.29 is 0 Å². The third kappa shape index (κ3) is 2.54. The number of hydrogen-bond acceptors (Lipinski definition) is 1. The minimum Gasteiger partial charge on any atom is -0.308 e. The highest BCUT2D eigenvalue weighted by atomic mass is 35.5. The molecule has 0 aliphatic heterocycles. The van der Waals surface area contributed by atoms with E-state index < -0.39 is 0 Å². The Morgan fingerprint density at radius 3 is 1.95 bits per heavy atom. The Hall–Kier alpha value is 0.250. The van der Waals surface area contributed by atoms with E-state index in [1.807, 2.05) is 0 Å². The Kier molecular flexibility index (Phi) is 3.70. The average Bonchev–Trinajstić information content (AvgIpc) is 2.24. The second-order valence-corrected chi connectivity index (χ2v) is 9.39. The van der Waals surface area contributed by atoms with Crippen LogP contribution in [-0.2, 0) is 0 Å². The average molecular weight is 298 g/mol. The van der Waals surface area contributed by atoms with Gasteiger partial charge in [-0.3, -0.25) is 0 Å². The van der Waals surface area contributed by atoms with Crippen LogP contribution >= 0.6 is 12.4 Å². The molecule has 0 aromatic rings. The first-order valence-electron chi connectivity index (χ1n) is 8.76. The fraction of sp³-hybridized carbons (Fsp3) is 1.00. The van der Waals surface area contributed by atoms with Crippen molar-refractivity contribution >= 4 is 12.4 Å². The maximum Gasteiger partial charge on any atom is 0.0197 e. The van der Waals surface area contributed by atoms with Crippen LogP contribution in [0.3, 0.4) is 0 Å². The summed E-state index contributed by atoms with van der Waals surface area (Å²) in [6, 6.07) is 0.845. The summed E-state index contributed by atoms with van der Waals surface area (Å²) in [5.41, 5.74) is 1.86. The van der Waals surface area contributed by atoms with Gasteiger partial charge in [0.1, 0.15) is 0 Å². The minimum atomic E-state index is 0. The zero-order chi connectivity index (χ0) is 13.1. The largest absolute Gasteiger partial charge is 0.308 e. The van der Waals surface area contributed by atoms with Crippen LogP contribution in [0.2, 0.25) is 0 Å². The quantitative estimate of drug-likeness (QED) is 0.749. The Morgan fingerprint density at radius 2 is 1.40 bits per heavy atom. The lowest BCUT2D eigenvalue weighted by molar-refractivity contribution is -0.121. The minimum absolute atomic E-state index is 0. The molecule has 5 saturated carbocycles. The second-order valence-electron chi connectivity index (χ2n) is 9.39. The highest BCUT2D eigenvalue weighted by Gasteiger charge is 2.60. The van der Waals surface area contributed by atoms with Crippen LogP contribution in [0, 0.1) is 16.7 Å². The molecule has 5 fully saturated rings. The van der Waals surface area contributed by atoms with Gasteiger partial charge >= 0.3 is 0 Å². The molecule has 5 rings (SSSR count). The van der Waals surface area contributed by atoms with Crippen molar-refractivity contribution in [2.24, 2.45) is 16.7 Å². The van der Waals surface area contributed by atoms with Crippen molar-refractivity contribution in [2.75, 3.05) is 0 Å². The van der Waals surface area contributed by atoms with Gasteiger partial charge in [0.05, 0.1) is 0 Å². The predicted octanol–water partition coefficient (Wildman–Crippen LogP) is 5.08. The monoisotopic (exact) mass is 297 g/mol. The summed E-state index contributed by atoms with van der Waals surface area (Å²) in [5.74, 6) is 1.03. The van der Waals surface area contributed by atoms with Gasteiger partial charge < -0.3 is 5.32 Å². The number of halogens is 1. The normalized spacial score (nSPS) is 51.0. The van der Waals surface area contributed by atoms with Gasteiger partial charge in [0.15, 0.2) is 0 Å². The van der Waals surface area contributed by atoms with Crippen molar-refractivity contribution in [3.63, 3.8) is 0 Å². The van der Waals surface area contributed by atoms with Crippen LogP contribution < -0.4 is 5.32 Å². The van der Waals surface area contributed by atoms with Crippen LogP contribution in [0.1, 0.15) is 84.5 Å². The molecule has 0 aromatic carbocycles. The van der Waals surface area contributed by atoms with E-state index in [1.54, 1.807) is 0 Å². The Morgan fingerprint density at radius 1 is 0.800 bits per heavy atom. The molecule has 0 spiro atoms. The fourth-order valence-corrected chi connectivity index (χ4v) is 7.29. The molecule has 0 heterocycles. The van der Waals surface area contributed by atoms with Crippen molar-refractivity contribution in [1.82, 2.24) is 5.32 Å². The second kappa shape index (κ2) is 4.88. The number of rotatable bonds is 2. The molecule has 2 atom stereocenters. The molecule has 0 aromatic heterocycles. The van der Waals surface area contributed by atoms with Gasteiger partial charge in [-0.1, -0.05) is 33.1 Å². The lowest BCUT2D eigenvalue weighted by Crippen LogP contribution is -2.65. The van der Waals surface area contributed by atoms with Crippen LogP contribution in [0.25, 0.3) is 0 Å². The molecule has 1 nitrogen and oxygen atoms in total. The number of hydrogen-bond donors (Lipinski definition) is 1. The van der Waals surface area contributed by atoms with Crippen LogP contribution in [0.5, 0.6) is 0 Å². The maximum atomic E-state index is 4.21. The molecule has 2 heteroatoms. The zero-order valence-corrected chi connectivity index (χ0v) is 14.2. The van der Waals surface area contributed by atoms with E-state index in [9.17, 15) is 0 Å². The van der Waals surface area contributed by atoms with E-state index >= 15 is 0 Å².